The number of rotatable bonds is 2. The normalized spacial score (nSPS) is 10.4. The van der Waals surface area contributed by atoms with E-state index in [2.05, 4.69) is 25.3 Å². The van der Waals surface area contributed by atoms with Gasteiger partial charge in [-0.1, -0.05) is 0 Å². The first kappa shape index (κ1) is 8.86. The molecule has 4 heteroatoms. The highest BCUT2D eigenvalue weighted by Gasteiger charge is 2.22. The molecule has 0 saturated heterocycles. The van der Waals surface area contributed by atoms with Crippen molar-refractivity contribution < 1.29 is 4.79 Å². The Hall–Kier alpha value is -0.140. The van der Waals surface area contributed by atoms with E-state index in [4.69, 9.17) is 5.26 Å². The lowest BCUT2D eigenvalue weighted by atomic mass is 10.2. The number of nitrogens with zero attached hydrogens (tertiary/aromatic N) is 1. The van der Waals surface area contributed by atoms with Crippen LogP contribution in [0.4, 0.5) is 0 Å². The molecule has 0 aliphatic heterocycles. The van der Waals surface area contributed by atoms with Crippen molar-refractivity contribution >= 4 is 31.0 Å². The van der Waals surface area contributed by atoms with Crippen LogP contribution in [0.1, 0.15) is 13.3 Å². The smallest absolute Gasteiger partial charge is 0.172 e. The van der Waals surface area contributed by atoms with E-state index in [0.29, 0.717) is 0 Å². The van der Waals surface area contributed by atoms with Crippen molar-refractivity contribution in [2.75, 3.05) is 0 Å². The molecule has 2 nitrogen and oxygen atoms in total. The molecule has 0 atom stereocenters. The molecule has 0 amide bonds. The van der Waals surface area contributed by atoms with Crippen LogP contribution in [-0.4, -0.2) is 9.86 Å². The third-order valence-electron chi connectivity index (χ3n) is 0.768. The lowest BCUT2D eigenvalue weighted by Crippen LogP contribution is -2.20. The molecule has 0 aromatic rings. The first-order valence-corrected chi connectivity index (χ1v) is 3.23. The van der Waals surface area contributed by atoms with Gasteiger partial charge in [-0.25, -0.2) is 0 Å². The lowest BCUT2D eigenvalue weighted by Gasteiger charge is -2.10. The van der Waals surface area contributed by atoms with Crippen LogP contribution in [0.15, 0.2) is 0 Å². The van der Waals surface area contributed by atoms with Gasteiger partial charge in [-0.3, -0.25) is 4.79 Å². The molecule has 50 valence electrons. The molecule has 0 unspecified atom stereocenters. The summed E-state index contributed by atoms with van der Waals surface area (Å²) in [5.74, 6) is -0.267. The molecule has 0 spiro atoms. The standard InChI is InChI=1S/C5H7NOS2/c1-5(8,9)4(7)2-3-6/h8-9H,2H2,1H3. The Balaban J connectivity index is 3.93. The van der Waals surface area contributed by atoms with E-state index in [9.17, 15) is 4.79 Å². The fraction of sp³-hybridized carbons (Fsp3) is 0.600. The fourth-order valence-electron chi connectivity index (χ4n) is 0.239. The van der Waals surface area contributed by atoms with Crippen LogP contribution >= 0.6 is 25.3 Å². The quantitative estimate of drug-likeness (QED) is 0.469. The Labute approximate surface area is 65.1 Å². The average Bonchev–Trinajstić information content (AvgIpc) is 1.64. The van der Waals surface area contributed by atoms with Crippen LogP contribution in [0.3, 0.4) is 0 Å². The molecular formula is C5H7NOS2. The summed E-state index contributed by atoms with van der Waals surface area (Å²) in [6, 6.07) is 1.73. The average molecular weight is 161 g/mol. The van der Waals surface area contributed by atoms with Gasteiger partial charge in [0.25, 0.3) is 0 Å². The van der Waals surface area contributed by atoms with Gasteiger partial charge in [-0.15, -0.1) is 0 Å². The van der Waals surface area contributed by atoms with Gasteiger partial charge < -0.3 is 0 Å². The van der Waals surface area contributed by atoms with Gasteiger partial charge in [0.15, 0.2) is 5.78 Å². The highest BCUT2D eigenvalue weighted by molar-refractivity contribution is 8.01. The first-order chi connectivity index (χ1) is 3.98. The van der Waals surface area contributed by atoms with Crippen molar-refractivity contribution in [2.45, 2.75) is 17.4 Å². The molecule has 9 heavy (non-hydrogen) atoms. The molecule has 0 fully saturated rings. The van der Waals surface area contributed by atoms with Gasteiger partial charge in [-0.2, -0.15) is 30.5 Å². The highest BCUT2D eigenvalue weighted by Crippen LogP contribution is 2.20. The van der Waals surface area contributed by atoms with E-state index >= 15 is 0 Å². The van der Waals surface area contributed by atoms with Gasteiger partial charge in [0.05, 0.1) is 12.5 Å². The van der Waals surface area contributed by atoms with Crippen LogP contribution in [0, 0.1) is 11.3 Å². The summed E-state index contributed by atoms with van der Waals surface area (Å²) < 4.78 is -0.963. The van der Waals surface area contributed by atoms with E-state index < -0.39 is 4.08 Å². The minimum Gasteiger partial charge on any atom is -0.296 e. The zero-order valence-electron chi connectivity index (χ0n) is 4.96. The van der Waals surface area contributed by atoms with Crippen molar-refractivity contribution in [1.82, 2.24) is 0 Å². The van der Waals surface area contributed by atoms with E-state index in [0.717, 1.165) is 0 Å². The molecule has 0 radical (unpaired) electrons. The van der Waals surface area contributed by atoms with Gasteiger partial charge in [0, 0.05) is 0 Å². The largest absolute Gasteiger partial charge is 0.296 e. The number of carbonyl (C=O) groups is 1. The second-order valence-corrected chi connectivity index (χ2v) is 3.92. The minimum atomic E-state index is -0.963. The zero-order valence-corrected chi connectivity index (χ0v) is 6.75. The molecule has 0 saturated carbocycles. The number of carbonyl (C=O) groups excluding carboxylic acids is 1. The molecule has 0 N–H and O–H groups in total. The number of thiol groups is 2. The second kappa shape index (κ2) is 3.14. The van der Waals surface area contributed by atoms with Crippen molar-refractivity contribution in [2.24, 2.45) is 0 Å². The zero-order chi connectivity index (χ0) is 7.49. The second-order valence-electron chi connectivity index (χ2n) is 1.78. The molecule has 0 aromatic carbocycles. The lowest BCUT2D eigenvalue weighted by molar-refractivity contribution is -0.118. The van der Waals surface area contributed by atoms with Gasteiger partial charge in [-0.05, 0) is 6.92 Å². The summed E-state index contributed by atoms with van der Waals surface area (Å²) in [6.45, 7) is 1.54. The van der Waals surface area contributed by atoms with Gasteiger partial charge >= 0.3 is 0 Å². The Morgan fingerprint density at radius 3 is 2.33 bits per heavy atom. The summed E-state index contributed by atoms with van der Waals surface area (Å²) in [6.07, 6.45) is -0.122. The number of Topliss-reactive ketones (excluding diaryl/α,β-unsaturated/α-hetero) is 1. The van der Waals surface area contributed by atoms with Gasteiger partial charge in [0.2, 0.25) is 0 Å². The number of ketones is 1. The topological polar surface area (TPSA) is 40.9 Å². The Morgan fingerprint density at radius 2 is 2.22 bits per heavy atom. The summed E-state index contributed by atoms with van der Waals surface area (Å²) >= 11 is 7.69. The maximum Gasteiger partial charge on any atom is 0.172 e. The fourth-order valence-corrected chi connectivity index (χ4v) is 0.397. The van der Waals surface area contributed by atoms with Gasteiger partial charge in [0.1, 0.15) is 4.08 Å². The summed E-state index contributed by atoms with van der Waals surface area (Å²) in [7, 11) is 0. The van der Waals surface area contributed by atoms with E-state index in [1.807, 2.05) is 0 Å². The maximum atomic E-state index is 10.7. The monoisotopic (exact) mass is 161 g/mol. The Morgan fingerprint density at radius 1 is 1.78 bits per heavy atom. The summed E-state index contributed by atoms with van der Waals surface area (Å²) in [5, 5.41) is 8.06. The SMILES string of the molecule is CC(S)(S)C(=O)CC#N. The van der Waals surface area contributed by atoms with Crippen LogP contribution in [0.25, 0.3) is 0 Å². The van der Waals surface area contributed by atoms with E-state index in [1.165, 1.54) is 0 Å². The van der Waals surface area contributed by atoms with Crippen LogP contribution in [-0.2, 0) is 4.79 Å². The van der Waals surface area contributed by atoms with Crippen molar-refractivity contribution in [1.29, 1.82) is 5.26 Å². The molecular weight excluding hydrogens is 154 g/mol. The minimum absolute atomic E-state index is 0.122. The molecule has 0 aromatic heterocycles. The molecule has 0 heterocycles. The molecule has 0 aliphatic carbocycles. The third kappa shape index (κ3) is 3.44. The van der Waals surface area contributed by atoms with Crippen molar-refractivity contribution in [3.05, 3.63) is 0 Å². The van der Waals surface area contributed by atoms with E-state index in [1.54, 1.807) is 13.0 Å². The number of hydrogen-bond acceptors (Lipinski definition) is 4. The highest BCUT2D eigenvalue weighted by atomic mass is 32.2. The molecule has 0 aliphatic rings. The molecule has 0 rings (SSSR count). The van der Waals surface area contributed by atoms with Crippen LogP contribution in [0.2, 0.25) is 0 Å². The van der Waals surface area contributed by atoms with E-state index in [-0.39, 0.29) is 12.2 Å². The number of nitriles is 1. The van der Waals surface area contributed by atoms with Crippen molar-refractivity contribution in [3.63, 3.8) is 0 Å². The molecule has 0 bridgehead atoms. The Kier molecular flexibility index (Phi) is 3.09. The predicted octanol–water partition coefficient (Wildman–Crippen LogP) is 1.04. The summed E-state index contributed by atoms with van der Waals surface area (Å²) in [4.78, 5) is 10.7. The first-order valence-electron chi connectivity index (χ1n) is 2.33. The number of hydrogen-bond donors (Lipinski definition) is 2. The maximum absolute atomic E-state index is 10.7. The third-order valence-corrected chi connectivity index (χ3v) is 1.27. The van der Waals surface area contributed by atoms with Crippen molar-refractivity contribution in [3.8, 4) is 6.07 Å². The van der Waals surface area contributed by atoms with Crippen LogP contribution in [0.5, 0.6) is 0 Å². The Bertz CT molecular complexity index is 153. The summed E-state index contributed by atoms with van der Waals surface area (Å²) in [5.41, 5.74) is 0. The predicted molar refractivity (Wildman–Crippen MR) is 41.6 cm³/mol. The van der Waals surface area contributed by atoms with Crippen LogP contribution < -0.4 is 0 Å².